The Hall–Kier alpha value is -4.90. The Morgan fingerprint density at radius 1 is 0.907 bits per heavy atom. The maximum absolute atomic E-state index is 14.3. The lowest BCUT2D eigenvalue weighted by atomic mass is 9.52. The molecule has 0 bridgehead atoms. The standard InChI is InChI=1S/C32H27N3O8/c1-32-24(29(38)34(31(32)40)17-5-3-2-4-6-17)15-23-21(27(32)25-14-11-20(16-36)43-25)12-13-22-26(23)30(39)33(28(22)37)18-7-9-19(10-8-18)35(41)42/h2-12,14,22-24,26-27,36H,13,15-16H2,1H3. The second-order valence-corrected chi connectivity index (χ2v) is 11.7. The molecular weight excluding hydrogens is 554 g/mol. The number of benzene rings is 2. The molecule has 6 atom stereocenters. The maximum atomic E-state index is 14.3. The molecule has 11 heteroatoms. The van der Waals surface area contributed by atoms with Crippen molar-refractivity contribution < 1.29 is 33.6 Å². The highest BCUT2D eigenvalue weighted by atomic mass is 16.6. The van der Waals surface area contributed by atoms with E-state index in [1.54, 1.807) is 49.4 Å². The molecule has 4 aliphatic rings. The zero-order valence-corrected chi connectivity index (χ0v) is 23.1. The van der Waals surface area contributed by atoms with Crippen LogP contribution >= 0.6 is 0 Å². The highest BCUT2D eigenvalue weighted by Gasteiger charge is 2.68. The molecule has 1 aromatic heterocycles. The molecule has 4 amide bonds. The predicted molar refractivity (Wildman–Crippen MR) is 151 cm³/mol. The molecule has 43 heavy (non-hydrogen) atoms. The molecule has 1 saturated carbocycles. The van der Waals surface area contributed by atoms with Crippen molar-refractivity contribution in [2.75, 3.05) is 9.80 Å². The first kappa shape index (κ1) is 27.0. The van der Waals surface area contributed by atoms with Crippen LogP contribution in [0.2, 0.25) is 0 Å². The van der Waals surface area contributed by atoms with Gasteiger partial charge in [-0.3, -0.25) is 34.2 Å². The summed E-state index contributed by atoms with van der Waals surface area (Å²) in [7, 11) is 0. The van der Waals surface area contributed by atoms with Crippen LogP contribution in [0.4, 0.5) is 17.1 Å². The highest BCUT2D eigenvalue weighted by molar-refractivity contribution is 6.25. The van der Waals surface area contributed by atoms with Gasteiger partial charge in [0.25, 0.3) is 5.69 Å². The number of hydrogen-bond donors (Lipinski definition) is 1. The van der Waals surface area contributed by atoms with Crippen LogP contribution < -0.4 is 9.80 Å². The Kier molecular flexibility index (Phi) is 6.00. The van der Waals surface area contributed by atoms with E-state index in [9.17, 15) is 34.4 Å². The lowest BCUT2D eigenvalue weighted by molar-refractivity contribution is -0.384. The van der Waals surface area contributed by atoms with Crippen molar-refractivity contribution in [3.8, 4) is 0 Å². The summed E-state index contributed by atoms with van der Waals surface area (Å²) in [4.78, 5) is 68.9. The van der Waals surface area contributed by atoms with Gasteiger partial charge in [-0.15, -0.1) is 0 Å². The van der Waals surface area contributed by atoms with Crippen molar-refractivity contribution in [1.29, 1.82) is 0 Å². The third kappa shape index (κ3) is 3.70. The fraction of sp³-hybridized carbons (Fsp3) is 0.312. The number of nitro groups is 1. The van der Waals surface area contributed by atoms with Crippen molar-refractivity contribution in [2.24, 2.45) is 29.1 Å². The number of aliphatic hydroxyl groups excluding tert-OH is 1. The molecule has 218 valence electrons. The molecule has 6 unspecified atom stereocenters. The monoisotopic (exact) mass is 581 g/mol. The number of para-hydroxylation sites is 1. The Morgan fingerprint density at radius 3 is 2.26 bits per heavy atom. The number of nitrogens with zero attached hydrogens (tertiary/aromatic N) is 3. The van der Waals surface area contributed by atoms with Gasteiger partial charge >= 0.3 is 0 Å². The summed E-state index contributed by atoms with van der Waals surface area (Å²) in [5, 5.41) is 20.9. The van der Waals surface area contributed by atoms with Gasteiger partial charge in [0, 0.05) is 12.1 Å². The number of anilines is 2. The number of carbonyl (C=O) groups is 4. The summed E-state index contributed by atoms with van der Waals surface area (Å²) >= 11 is 0. The van der Waals surface area contributed by atoms with E-state index in [0.29, 0.717) is 17.2 Å². The minimum absolute atomic E-state index is 0.160. The average Bonchev–Trinajstić information content (AvgIpc) is 3.64. The summed E-state index contributed by atoms with van der Waals surface area (Å²) in [6.45, 7) is 1.42. The number of aliphatic hydroxyl groups is 1. The number of nitro benzene ring substituents is 1. The van der Waals surface area contributed by atoms with Crippen LogP contribution in [0, 0.1) is 39.2 Å². The molecule has 2 saturated heterocycles. The first-order valence-corrected chi connectivity index (χ1v) is 14.1. The van der Waals surface area contributed by atoms with Gasteiger partial charge in [-0.25, -0.2) is 4.90 Å². The van der Waals surface area contributed by atoms with Gasteiger partial charge in [-0.2, -0.15) is 0 Å². The molecule has 2 aromatic carbocycles. The van der Waals surface area contributed by atoms with E-state index in [-0.39, 0.29) is 42.6 Å². The fourth-order valence-corrected chi connectivity index (χ4v) is 7.75. The van der Waals surface area contributed by atoms with Crippen LogP contribution in [0.3, 0.4) is 0 Å². The van der Waals surface area contributed by atoms with Crippen LogP contribution in [0.25, 0.3) is 0 Å². The van der Waals surface area contributed by atoms with E-state index in [2.05, 4.69) is 0 Å². The first-order valence-electron chi connectivity index (χ1n) is 14.1. The van der Waals surface area contributed by atoms with Crippen molar-refractivity contribution in [2.45, 2.75) is 32.3 Å². The van der Waals surface area contributed by atoms with Gasteiger partial charge in [-0.05, 0) is 62.1 Å². The molecule has 0 spiro atoms. The average molecular weight is 582 g/mol. The third-order valence-electron chi connectivity index (χ3n) is 9.73. The van der Waals surface area contributed by atoms with E-state index in [4.69, 9.17) is 4.42 Å². The molecule has 0 radical (unpaired) electrons. The molecule has 3 fully saturated rings. The zero-order chi connectivity index (χ0) is 30.2. The van der Waals surface area contributed by atoms with Gasteiger partial charge < -0.3 is 9.52 Å². The molecular formula is C32H27N3O8. The Bertz CT molecular complexity index is 1730. The minimum Gasteiger partial charge on any atom is -0.463 e. The van der Waals surface area contributed by atoms with Crippen LogP contribution in [0.1, 0.15) is 37.2 Å². The molecule has 3 heterocycles. The Morgan fingerprint density at radius 2 is 1.60 bits per heavy atom. The van der Waals surface area contributed by atoms with E-state index < -0.39 is 51.7 Å². The van der Waals surface area contributed by atoms with Gasteiger partial charge in [-0.1, -0.05) is 29.8 Å². The smallest absolute Gasteiger partial charge is 0.269 e. The number of amides is 4. The minimum atomic E-state index is -1.24. The van der Waals surface area contributed by atoms with E-state index in [0.717, 1.165) is 10.5 Å². The normalized spacial score (nSPS) is 29.8. The van der Waals surface area contributed by atoms with Gasteiger partial charge in [0.1, 0.15) is 18.1 Å². The summed E-state index contributed by atoms with van der Waals surface area (Å²) in [5.41, 5.74) is 0.0628. The quantitative estimate of drug-likeness (QED) is 0.205. The van der Waals surface area contributed by atoms with Gasteiger partial charge in [0.05, 0.1) is 45.4 Å². The first-order chi connectivity index (χ1) is 20.7. The van der Waals surface area contributed by atoms with Crippen molar-refractivity contribution in [3.05, 3.63) is 100 Å². The van der Waals surface area contributed by atoms with Crippen LogP contribution in [0.5, 0.6) is 0 Å². The van der Waals surface area contributed by atoms with E-state index >= 15 is 0 Å². The van der Waals surface area contributed by atoms with E-state index in [1.165, 1.54) is 29.2 Å². The summed E-state index contributed by atoms with van der Waals surface area (Å²) in [6.07, 6.45) is 2.35. The molecule has 2 aliphatic heterocycles. The van der Waals surface area contributed by atoms with Crippen molar-refractivity contribution in [1.82, 2.24) is 0 Å². The van der Waals surface area contributed by atoms with Gasteiger partial charge in [0.15, 0.2) is 0 Å². The lowest BCUT2D eigenvalue weighted by Crippen LogP contribution is -2.48. The number of fused-ring (bicyclic) bond motifs is 4. The molecule has 11 nitrogen and oxygen atoms in total. The van der Waals surface area contributed by atoms with Crippen LogP contribution in [0.15, 0.2) is 82.8 Å². The fourth-order valence-electron chi connectivity index (χ4n) is 7.75. The number of non-ortho nitro benzene ring substituents is 1. The number of imide groups is 2. The third-order valence-corrected chi connectivity index (χ3v) is 9.73. The molecule has 2 aliphatic carbocycles. The predicted octanol–water partition coefficient (Wildman–Crippen LogP) is 4.12. The van der Waals surface area contributed by atoms with Crippen LogP contribution in [-0.4, -0.2) is 33.7 Å². The topological polar surface area (TPSA) is 151 Å². The number of hydrogen-bond acceptors (Lipinski definition) is 8. The largest absolute Gasteiger partial charge is 0.463 e. The second kappa shape index (κ2) is 9.56. The SMILES string of the molecule is CC12C(=O)N(c3ccccc3)C(=O)C1CC1C(=CCC3C(=O)N(c4ccc([N+](=O)[O-])cc4)C(=O)C31)C2c1ccc(CO)o1. The van der Waals surface area contributed by atoms with Crippen molar-refractivity contribution >= 4 is 40.7 Å². The Balaban J connectivity index is 1.33. The lowest BCUT2D eigenvalue weighted by Gasteiger charge is -2.48. The second-order valence-electron chi connectivity index (χ2n) is 11.7. The summed E-state index contributed by atoms with van der Waals surface area (Å²) in [6, 6.07) is 17.3. The summed E-state index contributed by atoms with van der Waals surface area (Å²) < 4.78 is 6.01. The molecule has 1 N–H and O–H groups in total. The van der Waals surface area contributed by atoms with E-state index in [1.807, 2.05) is 6.08 Å². The number of rotatable bonds is 5. The zero-order valence-electron chi connectivity index (χ0n) is 23.1. The molecule has 3 aromatic rings. The number of furan rings is 1. The number of allylic oxidation sites excluding steroid dienone is 2. The molecule has 7 rings (SSSR count). The van der Waals surface area contributed by atoms with Gasteiger partial charge in [0.2, 0.25) is 23.6 Å². The highest BCUT2D eigenvalue weighted by Crippen LogP contribution is 2.63. The summed E-state index contributed by atoms with van der Waals surface area (Å²) in [5.74, 6) is -4.37. The van der Waals surface area contributed by atoms with Crippen LogP contribution in [-0.2, 0) is 25.8 Å². The van der Waals surface area contributed by atoms with Crippen molar-refractivity contribution in [3.63, 3.8) is 0 Å². The Labute approximate surface area is 245 Å². The maximum Gasteiger partial charge on any atom is 0.269 e. The number of carbonyl (C=O) groups excluding carboxylic acids is 4.